The molecule has 0 bridgehead atoms. The van der Waals surface area contributed by atoms with E-state index in [2.05, 4.69) is 53.7 Å². The summed E-state index contributed by atoms with van der Waals surface area (Å²) in [6, 6.07) is 9.31. The van der Waals surface area contributed by atoms with Crippen LogP contribution in [0.2, 0.25) is 0 Å². The first-order valence-electron chi connectivity index (χ1n) is 10.8. The van der Waals surface area contributed by atoms with Gasteiger partial charge in [0.1, 0.15) is 6.54 Å². The molecular formula is C23H35IN4O2. The summed E-state index contributed by atoms with van der Waals surface area (Å²) in [5, 5.41) is 7.30. The zero-order valence-corrected chi connectivity index (χ0v) is 20.8. The summed E-state index contributed by atoms with van der Waals surface area (Å²) in [5.74, 6) is 1.29. The van der Waals surface area contributed by atoms with E-state index in [1.54, 1.807) is 19.0 Å². The summed E-state index contributed by atoms with van der Waals surface area (Å²) in [5.41, 5.74) is 2.92. The molecule has 7 heteroatoms. The number of carbonyl (C=O) groups excluding carboxylic acids is 1. The second-order valence-electron chi connectivity index (χ2n) is 9.49. The van der Waals surface area contributed by atoms with Gasteiger partial charge in [0, 0.05) is 44.1 Å². The Hall–Kier alpha value is -1.35. The van der Waals surface area contributed by atoms with Gasteiger partial charge in [-0.3, -0.25) is 4.79 Å². The first kappa shape index (κ1) is 23.3. The minimum atomic E-state index is 0. The lowest BCUT2D eigenvalue weighted by molar-refractivity contribution is -0.127. The highest BCUT2D eigenvalue weighted by Crippen LogP contribution is 2.52. The highest BCUT2D eigenvalue weighted by atomic mass is 127. The van der Waals surface area contributed by atoms with Crippen molar-refractivity contribution in [2.24, 2.45) is 16.3 Å². The van der Waals surface area contributed by atoms with Gasteiger partial charge >= 0.3 is 0 Å². The average Bonchev–Trinajstić information content (AvgIpc) is 3.16. The van der Waals surface area contributed by atoms with Crippen molar-refractivity contribution >= 4 is 35.8 Å². The van der Waals surface area contributed by atoms with Crippen LogP contribution in [0.25, 0.3) is 0 Å². The van der Waals surface area contributed by atoms with E-state index in [1.807, 2.05) is 0 Å². The smallest absolute Gasteiger partial charge is 0.243 e. The molecule has 6 nitrogen and oxygen atoms in total. The van der Waals surface area contributed by atoms with Crippen LogP contribution in [0.15, 0.2) is 29.3 Å². The minimum Gasteiger partial charge on any atom is -0.377 e. The zero-order valence-electron chi connectivity index (χ0n) is 18.5. The second kappa shape index (κ2) is 9.42. The fourth-order valence-electron chi connectivity index (χ4n) is 5.20. The molecule has 1 aromatic rings. The van der Waals surface area contributed by atoms with Gasteiger partial charge < -0.3 is 20.3 Å². The SMILES string of the molecule is CN(C)C(=O)CN=C(NC1CCc2ccccc2C1)NC1C2CCOC2C1(C)C.I. The van der Waals surface area contributed by atoms with Crippen molar-refractivity contribution in [3.8, 4) is 0 Å². The highest BCUT2D eigenvalue weighted by Gasteiger charge is 2.59. The van der Waals surface area contributed by atoms with E-state index in [0.717, 1.165) is 38.2 Å². The fourth-order valence-corrected chi connectivity index (χ4v) is 5.20. The summed E-state index contributed by atoms with van der Waals surface area (Å²) in [7, 11) is 3.54. The lowest BCUT2D eigenvalue weighted by atomic mass is 9.57. The largest absolute Gasteiger partial charge is 0.377 e. The molecule has 1 saturated heterocycles. The lowest BCUT2D eigenvalue weighted by Gasteiger charge is -2.55. The van der Waals surface area contributed by atoms with Gasteiger partial charge in [0.05, 0.1) is 6.10 Å². The molecule has 0 radical (unpaired) electrons. The second-order valence-corrected chi connectivity index (χ2v) is 9.49. The highest BCUT2D eigenvalue weighted by molar-refractivity contribution is 14.0. The van der Waals surface area contributed by atoms with Crippen LogP contribution in [-0.2, 0) is 22.4 Å². The van der Waals surface area contributed by atoms with Crippen LogP contribution in [0.3, 0.4) is 0 Å². The predicted octanol–water partition coefficient (Wildman–Crippen LogP) is 2.60. The molecule has 0 spiro atoms. The van der Waals surface area contributed by atoms with Crippen molar-refractivity contribution in [3.63, 3.8) is 0 Å². The number of rotatable bonds is 4. The third kappa shape index (κ3) is 4.61. The number of amides is 1. The number of guanidine groups is 1. The van der Waals surface area contributed by atoms with E-state index in [1.165, 1.54) is 11.1 Å². The first-order valence-corrected chi connectivity index (χ1v) is 10.8. The molecule has 1 aliphatic heterocycles. The number of aryl methyl sites for hydroxylation is 1. The molecule has 1 amide bonds. The van der Waals surface area contributed by atoms with Crippen molar-refractivity contribution in [2.45, 2.75) is 57.7 Å². The van der Waals surface area contributed by atoms with Gasteiger partial charge in [-0.25, -0.2) is 4.99 Å². The number of halogens is 1. The monoisotopic (exact) mass is 526 g/mol. The Kier molecular flexibility index (Phi) is 7.32. The average molecular weight is 526 g/mol. The number of hydrogen-bond acceptors (Lipinski definition) is 3. The Labute approximate surface area is 197 Å². The number of fused-ring (bicyclic) bond motifs is 2. The number of benzene rings is 1. The van der Waals surface area contributed by atoms with Gasteiger partial charge in [-0.15, -0.1) is 24.0 Å². The van der Waals surface area contributed by atoms with E-state index in [0.29, 0.717) is 24.1 Å². The summed E-state index contributed by atoms with van der Waals surface area (Å²) in [6.07, 6.45) is 4.55. The molecule has 2 N–H and O–H groups in total. The summed E-state index contributed by atoms with van der Waals surface area (Å²) in [4.78, 5) is 18.4. The van der Waals surface area contributed by atoms with Crippen LogP contribution in [0.1, 0.15) is 37.8 Å². The maximum atomic E-state index is 12.1. The molecule has 4 atom stereocenters. The van der Waals surface area contributed by atoms with Crippen molar-refractivity contribution in [1.82, 2.24) is 15.5 Å². The summed E-state index contributed by atoms with van der Waals surface area (Å²) < 4.78 is 5.94. The van der Waals surface area contributed by atoms with Crippen molar-refractivity contribution < 1.29 is 9.53 Å². The Bertz CT molecular complexity index is 795. The maximum Gasteiger partial charge on any atom is 0.243 e. The summed E-state index contributed by atoms with van der Waals surface area (Å²) in [6.45, 7) is 5.52. The van der Waals surface area contributed by atoms with Crippen LogP contribution in [0.5, 0.6) is 0 Å². The maximum absolute atomic E-state index is 12.1. The summed E-state index contributed by atoms with van der Waals surface area (Å²) >= 11 is 0. The third-order valence-electron chi connectivity index (χ3n) is 6.95. The molecule has 1 saturated carbocycles. The Morgan fingerprint density at radius 1 is 1.20 bits per heavy atom. The number of nitrogens with one attached hydrogen (secondary N) is 2. The molecule has 4 rings (SSSR count). The van der Waals surface area contributed by atoms with Crippen molar-refractivity contribution in [3.05, 3.63) is 35.4 Å². The Balaban J connectivity index is 0.00000256. The van der Waals surface area contributed by atoms with Gasteiger partial charge in [0.15, 0.2) is 5.96 Å². The zero-order chi connectivity index (χ0) is 20.6. The molecule has 30 heavy (non-hydrogen) atoms. The van der Waals surface area contributed by atoms with Crippen molar-refractivity contribution in [2.75, 3.05) is 27.2 Å². The first-order chi connectivity index (χ1) is 13.9. The molecule has 2 fully saturated rings. The number of ether oxygens (including phenoxy) is 1. The molecule has 0 aromatic heterocycles. The van der Waals surface area contributed by atoms with E-state index < -0.39 is 0 Å². The van der Waals surface area contributed by atoms with E-state index >= 15 is 0 Å². The van der Waals surface area contributed by atoms with E-state index in [4.69, 9.17) is 4.74 Å². The molecule has 1 aromatic carbocycles. The minimum absolute atomic E-state index is 0. The number of likely N-dealkylation sites (N-methyl/N-ethyl adjacent to an activating group) is 1. The topological polar surface area (TPSA) is 66.0 Å². The quantitative estimate of drug-likeness (QED) is 0.360. The van der Waals surface area contributed by atoms with Gasteiger partial charge in [0.2, 0.25) is 5.91 Å². The number of aliphatic imine (C=N–C) groups is 1. The van der Waals surface area contributed by atoms with Crippen LogP contribution in [0.4, 0.5) is 0 Å². The molecule has 2 aliphatic carbocycles. The molecular weight excluding hydrogens is 491 g/mol. The molecule has 1 heterocycles. The van der Waals surface area contributed by atoms with Crippen LogP contribution < -0.4 is 10.6 Å². The third-order valence-corrected chi connectivity index (χ3v) is 6.95. The molecule has 166 valence electrons. The van der Waals surface area contributed by atoms with Crippen LogP contribution in [0, 0.1) is 11.3 Å². The molecule has 3 aliphatic rings. The molecule has 4 unspecified atom stereocenters. The predicted molar refractivity (Wildman–Crippen MR) is 130 cm³/mol. The number of nitrogens with zero attached hydrogens (tertiary/aromatic N) is 2. The number of hydrogen-bond donors (Lipinski definition) is 2. The van der Waals surface area contributed by atoms with Crippen molar-refractivity contribution in [1.29, 1.82) is 0 Å². The number of carbonyl (C=O) groups is 1. The van der Waals surface area contributed by atoms with Crippen LogP contribution >= 0.6 is 24.0 Å². The van der Waals surface area contributed by atoms with Gasteiger partial charge in [0.25, 0.3) is 0 Å². The van der Waals surface area contributed by atoms with Gasteiger partial charge in [-0.2, -0.15) is 0 Å². The fraction of sp³-hybridized carbons (Fsp3) is 0.652. The van der Waals surface area contributed by atoms with Gasteiger partial charge in [-0.1, -0.05) is 38.1 Å². The Morgan fingerprint density at radius 3 is 2.67 bits per heavy atom. The Morgan fingerprint density at radius 2 is 1.93 bits per heavy atom. The van der Waals surface area contributed by atoms with E-state index in [-0.39, 0.29) is 41.8 Å². The van der Waals surface area contributed by atoms with E-state index in [9.17, 15) is 4.79 Å². The van der Waals surface area contributed by atoms with Gasteiger partial charge in [-0.05, 0) is 36.8 Å². The standard InChI is InChI=1S/C23H34N4O2.HI/c1-23(2)20(18-11-12-29-21(18)23)26-22(24-14-19(28)27(3)4)25-17-10-9-15-7-5-6-8-16(15)13-17;/h5-8,17-18,20-21H,9-14H2,1-4H3,(H2,24,25,26);1H. The van der Waals surface area contributed by atoms with Crippen LogP contribution in [-0.4, -0.2) is 62.2 Å². The lowest BCUT2D eigenvalue weighted by Crippen LogP contribution is -2.68. The normalized spacial score (nSPS) is 29.0.